The smallest absolute Gasteiger partial charge is 0.312 e. The van der Waals surface area contributed by atoms with Gasteiger partial charge in [0, 0.05) is 16.6 Å². The predicted molar refractivity (Wildman–Crippen MR) is 83.0 cm³/mol. The van der Waals surface area contributed by atoms with E-state index in [0.717, 1.165) is 30.2 Å². The van der Waals surface area contributed by atoms with E-state index < -0.39 is 11.9 Å². The van der Waals surface area contributed by atoms with E-state index in [-0.39, 0.29) is 12.6 Å². The Morgan fingerprint density at radius 2 is 2.14 bits per heavy atom. The van der Waals surface area contributed by atoms with Crippen molar-refractivity contribution in [3.63, 3.8) is 0 Å². The highest BCUT2D eigenvalue weighted by Crippen LogP contribution is 2.40. The van der Waals surface area contributed by atoms with Crippen LogP contribution in [0.15, 0.2) is 16.6 Å². The van der Waals surface area contributed by atoms with Crippen LogP contribution in [-0.2, 0) is 4.79 Å². The molecule has 1 fully saturated rings. The van der Waals surface area contributed by atoms with Crippen molar-refractivity contribution in [1.29, 1.82) is 0 Å². The van der Waals surface area contributed by atoms with Gasteiger partial charge in [-0.15, -0.1) is 0 Å². The predicted octanol–water partition coefficient (Wildman–Crippen LogP) is 2.91. The molecule has 3 N–H and O–H groups in total. The van der Waals surface area contributed by atoms with E-state index >= 15 is 0 Å². The van der Waals surface area contributed by atoms with Crippen LogP contribution in [0.2, 0.25) is 0 Å². The zero-order valence-electron chi connectivity index (χ0n) is 12.0. The van der Waals surface area contributed by atoms with Crippen LogP contribution in [0.5, 0.6) is 11.5 Å². The van der Waals surface area contributed by atoms with Crippen molar-refractivity contribution >= 4 is 21.9 Å². The molecule has 6 heteroatoms. The molecule has 0 radical (unpaired) electrons. The molecule has 0 bridgehead atoms. The third-order valence-electron chi connectivity index (χ3n) is 3.76. The number of carboxylic acids is 1. The number of carboxylic acid groups (broad SMARTS) is 1. The van der Waals surface area contributed by atoms with Crippen molar-refractivity contribution in [2.24, 2.45) is 5.73 Å². The maximum atomic E-state index is 11.4. The molecule has 0 amide bonds. The Hall–Kier alpha value is -1.27. The third kappa shape index (κ3) is 3.68. The number of nitrogens with two attached hydrogens (primary N) is 1. The average Bonchev–Trinajstić information content (AvgIpc) is 2.94. The second-order valence-corrected chi connectivity index (χ2v) is 6.09. The van der Waals surface area contributed by atoms with Crippen LogP contribution in [-0.4, -0.2) is 30.8 Å². The Morgan fingerprint density at radius 1 is 1.48 bits per heavy atom. The zero-order valence-corrected chi connectivity index (χ0v) is 13.6. The van der Waals surface area contributed by atoms with Crippen molar-refractivity contribution in [2.45, 2.75) is 37.7 Å². The number of ether oxygens (including phenoxy) is 2. The standard InChI is InChI=1S/C15H20BrNO4/c1-20-13-7-9(16)6-11(12(8-17)15(18)19)14(13)21-10-4-2-3-5-10/h6-7,10,12H,2-5,8,17H2,1H3,(H,18,19). The van der Waals surface area contributed by atoms with Crippen LogP contribution in [0.4, 0.5) is 0 Å². The molecular formula is C15H20BrNO4. The quantitative estimate of drug-likeness (QED) is 0.817. The van der Waals surface area contributed by atoms with Crippen molar-refractivity contribution in [1.82, 2.24) is 0 Å². The first-order valence-electron chi connectivity index (χ1n) is 7.03. The van der Waals surface area contributed by atoms with Gasteiger partial charge in [0.15, 0.2) is 11.5 Å². The Morgan fingerprint density at radius 3 is 2.67 bits per heavy atom. The minimum atomic E-state index is -0.964. The lowest BCUT2D eigenvalue weighted by molar-refractivity contribution is -0.138. The van der Waals surface area contributed by atoms with E-state index in [1.165, 1.54) is 0 Å². The molecule has 1 aromatic carbocycles. The normalized spacial score (nSPS) is 16.7. The van der Waals surface area contributed by atoms with Crippen LogP contribution < -0.4 is 15.2 Å². The number of benzene rings is 1. The Bertz CT molecular complexity index is 515. The summed E-state index contributed by atoms with van der Waals surface area (Å²) in [6, 6.07) is 3.53. The van der Waals surface area contributed by atoms with E-state index in [0.29, 0.717) is 17.1 Å². The Kier molecular flexibility index (Phi) is 5.47. The molecule has 1 unspecified atom stereocenters. The lowest BCUT2D eigenvalue weighted by Gasteiger charge is -2.22. The molecule has 1 aliphatic rings. The molecular weight excluding hydrogens is 338 g/mol. The minimum Gasteiger partial charge on any atom is -0.493 e. The molecule has 1 saturated carbocycles. The highest BCUT2D eigenvalue weighted by atomic mass is 79.9. The molecule has 0 aromatic heterocycles. The van der Waals surface area contributed by atoms with Gasteiger partial charge in [-0.2, -0.15) is 0 Å². The summed E-state index contributed by atoms with van der Waals surface area (Å²) in [5.74, 6) is -0.738. The molecule has 21 heavy (non-hydrogen) atoms. The minimum absolute atomic E-state index is 0.00989. The van der Waals surface area contributed by atoms with Gasteiger partial charge in [0.25, 0.3) is 0 Å². The van der Waals surface area contributed by atoms with Crippen LogP contribution in [0, 0.1) is 0 Å². The van der Waals surface area contributed by atoms with Crippen molar-refractivity contribution in [3.05, 3.63) is 22.2 Å². The molecule has 1 aromatic rings. The second kappa shape index (κ2) is 7.13. The number of methoxy groups -OCH3 is 1. The summed E-state index contributed by atoms with van der Waals surface area (Å²) in [6.07, 6.45) is 4.36. The van der Waals surface area contributed by atoms with E-state index in [4.69, 9.17) is 15.2 Å². The fraction of sp³-hybridized carbons (Fsp3) is 0.533. The van der Waals surface area contributed by atoms with Crippen LogP contribution in [0.25, 0.3) is 0 Å². The molecule has 5 nitrogen and oxygen atoms in total. The largest absolute Gasteiger partial charge is 0.493 e. The first-order valence-corrected chi connectivity index (χ1v) is 7.83. The lowest BCUT2D eigenvalue weighted by Crippen LogP contribution is -2.23. The maximum absolute atomic E-state index is 11.4. The summed E-state index contributed by atoms with van der Waals surface area (Å²) in [4.78, 5) is 11.4. The second-order valence-electron chi connectivity index (χ2n) is 5.18. The van der Waals surface area contributed by atoms with Crippen molar-refractivity contribution < 1.29 is 19.4 Å². The summed E-state index contributed by atoms with van der Waals surface area (Å²) in [6.45, 7) is 0.00989. The van der Waals surface area contributed by atoms with Crippen LogP contribution in [0.3, 0.4) is 0 Å². The molecule has 2 rings (SSSR count). The van der Waals surface area contributed by atoms with Gasteiger partial charge in [-0.1, -0.05) is 15.9 Å². The number of carbonyl (C=O) groups is 1. The first-order chi connectivity index (χ1) is 10.1. The average molecular weight is 358 g/mol. The molecule has 0 spiro atoms. The number of halogens is 1. The Labute approximate surface area is 132 Å². The molecule has 1 aliphatic carbocycles. The Balaban J connectivity index is 2.44. The molecule has 0 aliphatic heterocycles. The van der Waals surface area contributed by atoms with Crippen LogP contribution in [0.1, 0.15) is 37.2 Å². The van der Waals surface area contributed by atoms with Gasteiger partial charge in [0.05, 0.1) is 19.1 Å². The summed E-state index contributed by atoms with van der Waals surface area (Å²) >= 11 is 3.38. The number of hydrogen-bond donors (Lipinski definition) is 2. The van der Waals surface area contributed by atoms with Gasteiger partial charge < -0.3 is 20.3 Å². The molecule has 1 atom stereocenters. The molecule has 116 valence electrons. The van der Waals surface area contributed by atoms with Gasteiger partial charge in [0.1, 0.15) is 0 Å². The summed E-state index contributed by atoms with van der Waals surface area (Å²) < 4.78 is 12.2. The fourth-order valence-corrected chi connectivity index (χ4v) is 3.11. The van der Waals surface area contributed by atoms with Crippen molar-refractivity contribution in [2.75, 3.05) is 13.7 Å². The highest BCUT2D eigenvalue weighted by molar-refractivity contribution is 9.10. The third-order valence-corrected chi connectivity index (χ3v) is 4.22. The first kappa shape index (κ1) is 16.1. The van der Waals surface area contributed by atoms with E-state index in [2.05, 4.69) is 15.9 Å². The lowest BCUT2D eigenvalue weighted by atomic mass is 9.98. The van der Waals surface area contributed by atoms with Gasteiger partial charge in [-0.25, -0.2) is 0 Å². The molecule has 0 heterocycles. The monoisotopic (exact) mass is 357 g/mol. The fourth-order valence-electron chi connectivity index (χ4n) is 2.66. The number of aliphatic carboxylic acids is 1. The van der Waals surface area contributed by atoms with E-state index in [1.807, 2.05) is 0 Å². The summed E-state index contributed by atoms with van der Waals surface area (Å²) in [5, 5.41) is 9.37. The van der Waals surface area contributed by atoms with Crippen molar-refractivity contribution in [3.8, 4) is 11.5 Å². The molecule has 0 saturated heterocycles. The van der Waals surface area contributed by atoms with Gasteiger partial charge in [-0.3, -0.25) is 4.79 Å². The van der Waals surface area contributed by atoms with Gasteiger partial charge >= 0.3 is 5.97 Å². The van der Waals surface area contributed by atoms with Crippen LogP contribution >= 0.6 is 15.9 Å². The number of rotatable bonds is 6. The van der Waals surface area contributed by atoms with Gasteiger partial charge in [-0.05, 0) is 37.8 Å². The highest BCUT2D eigenvalue weighted by Gasteiger charge is 2.28. The maximum Gasteiger partial charge on any atom is 0.312 e. The van der Waals surface area contributed by atoms with E-state index in [1.54, 1.807) is 19.2 Å². The number of hydrogen-bond acceptors (Lipinski definition) is 4. The summed E-state index contributed by atoms with van der Waals surface area (Å²) in [7, 11) is 1.55. The summed E-state index contributed by atoms with van der Waals surface area (Å²) in [5.41, 5.74) is 6.19. The zero-order chi connectivity index (χ0) is 15.4. The topological polar surface area (TPSA) is 81.8 Å². The van der Waals surface area contributed by atoms with E-state index in [9.17, 15) is 9.90 Å². The van der Waals surface area contributed by atoms with Gasteiger partial charge in [0.2, 0.25) is 0 Å². The SMILES string of the molecule is COc1cc(Br)cc(C(CN)C(=O)O)c1OC1CCCC1.